The predicted octanol–water partition coefficient (Wildman–Crippen LogP) is 2.55. The van der Waals surface area contributed by atoms with Crippen LogP contribution in [0.2, 0.25) is 0 Å². The fourth-order valence-corrected chi connectivity index (χ4v) is 2.73. The Bertz CT molecular complexity index is 398. The lowest BCUT2D eigenvalue weighted by atomic mass is 9.81. The summed E-state index contributed by atoms with van der Waals surface area (Å²) in [6.07, 6.45) is 0.747. The van der Waals surface area contributed by atoms with Crippen LogP contribution < -0.4 is 4.90 Å². The third-order valence-electron chi connectivity index (χ3n) is 3.33. The van der Waals surface area contributed by atoms with Gasteiger partial charge in [0.15, 0.2) is 0 Å². The van der Waals surface area contributed by atoms with Gasteiger partial charge in [0, 0.05) is 18.6 Å². The lowest BCUT2D eigenvalue weighted by molar-refractivity contribution is -0.122. The summed E-state index contributed by atoms with van der Waals surface area (Å²) in [4.78, 5) is 13.9. The third-order valence-corrected chi connectivity index (χ3v) is 3.78. The molecule has 0 aromatic heterocycles. The number of carbonyl (C=O) groups is 1. The number of hydrogen-bond acceptors (Lipinski definition) is 1. The Morgan fingerprint density at radius 2 is 2.07 bits per heavy atom. The summed E-state index contributed by atoms with van der Waals surface area (Å²) in [5.41, 5.74) is 1.55. The van der Waals surface area contributed by atoms with Crippen molar-refractivity contribution in [3.8, 4) is 0 Å². The van der Waals surface area contributed by atoms with Crippen LogP contribution in [0.15, 0.2) is 24.3 Å². The Morgan fingerprint density at radius 1 is 1.40 bits per heavy atom. The van der Waals surface area contributed by atoms with Crippen LogP contribution >= 0.6 is 11.6 Å². The molecule has 0 aliphatic carbocycles. The molecule has 0 spiro atoms. The van der Waals surface area contributed by atoms with Crippen molar-refractivity contribution in [2.45, 2.75) is 18.8 Å². The summed E-state index contributed by atoms with van der Waals surface area (Å²) in [7, 11) is 1.81. The maximum absolute atomic E-state index is 12.2. The highest BCUT2D eigenvalue weighted by molar-refractivity contribution is 6.23. The van der Waals surface area contributed by atoms with Crippen molar-refractivity contribution in [2.75, 3.05) is 17.8 Å². The van der Waals surface area contributed by atoms with Crippen LogP contribution in [0.3, 0.4) is 0 Å². The molecule has 80 valence electrons. The SMILES string of the molecule is CC[C@]1(CCl)C(=O)N(C)c2ccccc21. The number of benzene rings is 1. The Morgan fingerprint density at radius 3 is 2.67 bits per heavy atom. The summed E-state index contributed by atoms with van der Waals surface area (Å²) in [6.45, 7) is 2.01. The van der Waals surface area contributed by atoms with Crippen LogP contribution in [0.25, 0.3) is 0 Å². The zero-order chi connectivity index (χ0) is 11.1. The molecule has 15 heavy (non-hydrogen) atoms. The second kappa shape index (κ2) is 3.53. The van der Waals surface area contributed by atoms with E-state index in [1.807, 2.05) is 38.2 Å². The summed E-state index contributed by atoms with van der Waals surface area (Å²) in [5.74, 6) is 0.463. The highest BCUT2D eigenvalue weighted by atomic mass is 35.5. The van der Waals surface area contributed by atoms with Gasteiger partial charge in [-0.05, 0) is 18.1 Å². The lowest BCUT2D eigenvalue weighted by Crippen LogP contribution is -2.39. The van der Waals surface area contributed by atoms with Crippen molar-refractivity contribution in [1.29, 1.82) is 0 Å². The Labute approximate surface area is 94.8 Å². The Hall–Kier alpha value is -1.02. The van der Waals surface area contributed by atoms with E-state index < -0.39 is 5.41 Å². The highest BCUT2D eigenvalue weighted by Crippen LogP contribution is 2.43. The maximum atomic E-state index is 12.2. The minimum atomic E-state index is -0.507. The first-order valence-electron chi connectivity index (χ1n) is 5.11. The van der Waals surface area contributed by atoms with E-state index in [1.54, 1.807) is 4.90 Å². The van der Waals surface area contributed by atoms with Gasteiger partial charge in [0.25, 0.3) is 0 Å². The van der Waals surface area contributed by atoms with Gasteiger partial charge in [0.2, 0.25) is 5.91 Å². The van der Waals surface area contributed by atoms with Gasteiger partial charge in [-0.25, -0.2) is 0 Å². The average molecular weight is 224 g/mol. The van der Waals surface area contributed by atoms with E-state index in [-0.39, 0.29) is 5.91 Å². The molecule has 1 heterocycles. The number of alkyl halides is 1. The second-order valence-corrected chi connectivity index (χ2v) is 4.22. The number of fused-ring (bicyclic) bond motifs is 1. The molecule has 0 saturated carbocycles. The fourth-order valence-electron chi connectivity index (χ4n) is 2.28. The maximum Gasteiger partial charge on any atom is 0.238 e. The standard InChI is InChI=1S/C12H14ClNO/c1-3-12(8-13)9-6-4-5-7-10(9)14(2)11(12)15/h4-7H,3,8H2,1-2H3/t12-/m1/s1. The third kappa shape index (κ3) is 1.21. The quantitative estimate of drug-likeness (QED) is 0.706. The Balaban J connectivity index is 2.65. The molecule has 1 aromatic carbocycles. The molecule has 3 heteroatoms. The topological polar surface area (TPSA) is 20.3 Å². The van der Waals surface area contributed by atoms with Gasteiger partial charge in [-0.3, -0.25) is 4.79 Å². The van der Waals surface area contributed by atoms with E-state index in [1.165, 1.54) is 0 Å². The molecule has 0 radical (unpaired) electrons. The smallest absolute Gasteiger partial charge is 0.238 e. The first-order chi connectivity index (χ1) is 7.17. The van der Waals surface area contributed by atoms with Crippen LogP contribution in [0.5, 0.6) is 0 Å². The van der Waals surface area contributed by atoms with Crippen LogP contribution in [0.1, 0.15) is 18.9 Å². The Kier molecular flexibility index (Phi) is 2.47. The zero-order valence-corrected chi connectivity index (χ0v) is 9.71. The molecule has 1 aliphatic heterocycles. The predicted molar refractivity (Wildman–Crippen MR) is 62.5 cm³/mol. The number of carbonyl (C=O) groups excluding carboxylic acids is 1. The number of amides is 1. The second-order valence-electron chi connectivity index (χ2n) is 3.95. The van der Waals surface area contributed by atoms with Crippen molar-refractivity contribution < 1.29 is 4.79 Å². The molecule has 1 aliphatic rings. The van der Waals surface area contributed by atoms with Crippen LogP contribution in [0, 0.1) is 0 Å². The summed E-state index contributed by atoms with van der Waals surface area (Å²) in [5, 5.41) is 0. The molecular weight excluding hydrogens is 210 g/mol. The number of rotatable bonds is 2. The molecule has 2 rings (SSSR count). The van der Waals surface area contributed by atoms with Gasteiger partial charge in [-0.1, -0.05) is 25.1 Å². The molecule has 0 N–H and O–H groups in total. The van der Waals surface area contributed by atoms with E-state index in [2.05, 4.69) is 0 Å². The first kappa shape index (κ1) is 10.5. The van der Waals surface area contributed by atoms with Crippen LogP contribution in [-0.4, -0.2) is 18.8 Å². The minimum absolute atomic E-state index is 0.112. The largest absolute Gasteiger partial charge is 0.314 e. The van der Waals surface area contributed by atoms with Gasteiger partial charge < -0.3 is 4.90 Å². The molecule has 0 fully saturated rings. The van der Waals surface area contributed by atoms with Gasteiger partial charge >= 0.3 is 0 Å². The number of nitrogens with zero attached hydrogens (tertiary/aromatic N) is 1. The fraction of sp³-hybridized carbons (Fsp3) is 0.417. The van der Waals surface area contributed by atoms with E-state index in [4.69, 9.17) is 11.6 Å². The summed E-state index contributed by atoms with van der Waals surface area (Å²) in [6, 6.07) is 7.88. The molecule has 0 saturated heterocycles. The number of halogens is 1. The molecule has 2 nitrogen and oxygen atoms in total. The normalized spacial score (nSPS) is 24.5. The molecule has 1 atom stereocenters. The van der Waals surface area contributed by atoms with Gasteiger partial charge in [0.1, 0.15) is 0 Å². The molecule has 1 amide bonds. The van der Waals surface area contributed by atoms with Gasteiger partial charge in [0.05, 0.1) is 5.41 Å². The van der Waals surface area contributed by atoms with Crippen molar-refractivity contribution in [3.05, 3.63) is 29.8 Å². The van der Waals surface area contributed by atoms with Gasteiger partial charge in [-0.15, -0.1) is 11.6 Å². The lowest BCUT2D eigenvalue weighted by Gasteiger charge is -2.23. The summed E-state index contributed by atoms with van der Waals surface area (Å²) < 4.78 is 0. The van der Waals surface area contributed by atoms with Gasteiger partial charge in [-0.2, -0.15) is 0 Å². The monoisotopic (exact) mass is 223 g/mol. The van der Waals surface area contributed by atoms with E-state index in [0.29, 0.717) is 5.88 Å². The average Bonchev–Trinajstić information content (AvgIpc) is 2.51. The molecular formula is C12H14ClNO. The van der Waals surface area contributed by atoms with Crippen LogP contribution in [-0.2, 0) is 10.2 Å². The highest BCUT2D eigenvalue weighted by Gasteiger charge is 2.47. The molecule has 1 aromatic rings. The molecule has 0 bridgehead atoms. The zero-order valence-electron chi connectivity index (χ0n) is 8.96. The number of para-hydroxylation sites is 1. The van der Waals surface area contributed by atoms with Crippen molar-refractivity contribution in [2.24, 2.45) is 0 Å². The van der Waals surface area contributed by atoms with E-state index in [9.17, 15) is 4.79 Å². The van der Waals surface area contributed by atoms with Crippen molar-refractivity contribution >= 4 is 23.2 Å². The van der Waals surface area contributed by atoms with E-state index >= 15 is 0 Å². The number of likely N-dealkylation sites (N-methyl/N-ethyl adjacent to an activating group) is 1. The molecule has 0 unspecified atom stereocenters. The first-order valence-corrected chi connectivity index (χ1v) is 5.64. The van der Waals surface area contributed by atoms with E-state index in [0.717, 1.165) is 17.7 Å². The minimum Gasteiger partial charge on any atom is -0.314 e. The van der Waals surface area contributed by atoms with Crippen molar-refractivity contribution in [1.82, 2.24) is 0 Å². The number of hydrogen-bond donors (Lipinski definition) is 0. The van der Waals surface area contributed by atoms with Crippen LogP contribution in [0.4, 0.5) is 5.69 Å². The van der Waals surface area contributed by atoms with Crippen molar-refractivity contribution in [3.63, 3.8) is 0 Å². The number of anilines is 1. The summed E-state index contributed by atoms with van der Waals surface area (Å²) >= 11 is 6.01.